The molecule has 7 heteroatoms. The van der Waals surface area contributed by atoms with Gasteiger partial charge in [0, 0.05) is 25.8 Å². The lowest BCUT2D eigenvalue weighted by atomic mass is 10.3. The number of nitrogens with two attached hydrogens (primary N) is 1. The smallest absolute Gasteiger partial charge is 0.240 e. The first-order chi connectivity index (χ1) is 9.51. The number of nitrogen functional groups attached to an aromatic ring is 1. The quantitative estimate of drug-likeness (QED) is 0.531. The van der Waals surface area contributed by atoms with Gasteiger partial charge in [-0.1, -0.05) is 6.92 Å². The molecular weight excluding hydrogens is 280 g/mol. The van der Waals surface area contributed by atoms with Gasteiger partial charge in [0.05, 0.1) is 17.7 Å². The molecule has 0 amide bonds. The lowest BCUT2D eigenvalue weighted by molar-refractivity contribution is 0.133. The van der Waals surface area contributed by atoms with Crippen molar-refractivity contribution in [2.75, 3.05) is 32.6 Å². The molecule has 0 aromatic heterocycles. The maximum absolute atomic E-state index is 12.1. The zero-order valence-corrected chi connectivity index (χ0v) is 12.7. The van der Waals surface area contributed by atoms with Crippen LogP contribution in [-0.2, 0) is 14.8 Å². The molecule has 1 aromatic carbocycles. The van der Waals surface area contributed by atoms with Crippen molar-refractivity contribution in [1.29, 1.82) is 0 Å². The van der Waals surface area contributed by atoms with Gasteiger partial charge in [0.25, 0.3) is 0 Å². The molecule has 3 N–H and O–H groups in total. The summed E-state index contributed by atoms with van der Waals surface area (Å²) in [5, 5.41) is 0. The number of methoxy groups -OCH3 is 1. The molecule has 1 aromatic rings. The van der Waals surface area contributed by atoms with Crippen LogP contribution in [0.4, 0.5) is 5.69 Å². The predicted molar refractivity (Wildman–Crippen MR) is 78.3 cm³/mol. The molecule has 0 radical (unpaired) electrons. The van der Waals surface area contributed by atoms with Crippen molar-refractivity contribution in [2.24, 2.45) is 0 Å². The summed E-state index contributed by atoms with van der Waals surface area (Å²) >= 11 is 0. The summed E-state index contributed by atoms with van der Waals surface area (Å²) < 4.78 is 36.9. The Kier molecular flexibility index (Phi) is 6.77. The minimum Gasteiger partial charge on any atom is -0.495 e. The van der Waals surface area contributed by atoms with Crippen LogP contribution in [0.1, 0.15) is 19.8 Å². The van der Waals surface area contributed by atoms with E-state index in [1.165, 1.54) is 25.3 Å². The molecule has 0 atom stereocenters. The van der Waals surface area contributed by atoms with Crippen LogP contribution in [-0.4, -0.2) is 35.3 Å². The average molecular weight is 302 g/mol. The van der Waals surface area contributed by atoms with Crippen LogP contribution in [0, 0.1) is 0 Å². The number of anilines is 1. The molecule has 0 unspecified atom stereocenters. The molecule has 0 saturated heterocycles. The van der Waals surface area contributed by atoms with E-state index in [-0.39, 0.29) is 4.90 Å². The number of hydrogen-bond acceptors (Lipinski definition) is 5. The van der Waals surface area contributed by atoms with Crippen LogP contribution in [0.3, 0.4) is 0 Å². The number of ether oxygens (including phenoxy) is 2. The molecule has 0 spiro atoms. The molecule has 0 aliphatic carbocycles. The van der Waals surface area contributed by atoms with Gasteiger partial charge in [0.1, 0.15) is 5.75 Å². The number of benzene rings is 1. The Morgan fingerprint density at radius 2 is 2.05 bits per heavy atom. The zero-order chi connectivity index (χ0) is 15.0. The summed E-state index contributed by atoms with van der Waals surface area (Å²) in [6.45, 7) is 3.60. The second kappa shape index (κ2) is 8.08. The molecule has 0 aliphatic rings. The fourth-order valence-electron chi connectivity index (χ4n) is 1.57. The monoisotopic (exact) mass is 302 g/mol. The van der Waals surface area contributed by atoms with Gasteiger partial charge in [-0.3, -0.25) is 0 Å². The van der Waals surface area contributed by atoms with Gasteiger partial charge in [-0.25, -0.2) is 13.1 Å². The molecule has 6 nitrogen and oxygen atoms in total. The summed E-state index contributed by atoms with van der Waals surface area (Å²) in [5.74, 6) is 0.346. The van der Waals surface area contributed by atoms with Crippen molar-refractivity contribution in [3.05, 3.63) is 18.2 Å². The van der Waals surface area contributed by atoms with Crippen molar-refractivity contribution in [3.63, 3.8) is 0 Å². The van der Waals surface area contributed by atoms with E-state index in [2.05, 4.69) is 4.72 Å². The van der Waals surface area contributed by atoms with Gasteiger partial charge in [-0.2, -0.15) is 0 Å². The third kappa shape index (κ3) is 4.99. The van der Waals surface area contributed by atoms with E-state index in [9.17, 15) is 8.42 Å². The second-order valence-electron chi connectivity index (χ2n) is 4.27. The van der Waals surface area contributed by atoms with Gasteiger partial charge in [0.15, 0.2) is 0 Å². The van der Waals surface area contributed by atoms with Gasteiger partial charge in [-0.15, -0.1) is 0 Å². The number of sulfonamides is 1. The molecule has 1 rings (SSSR count). The molecule has 114 valence electrons. The van der Waals surface area contributed by atoms with E-state index >= 15 is 0 Å². The van der Waals surface area contributed by atoms with E-state index in [1.807, 2.05) is 6.92 Å². The minimum atomic E-state index is -3.54. The highest BCUT2D eigenvalue weighted by Crippen LogP contribution is 2.24. The maximum Gasteiger partial charge on any atom is 0.240 e. The SMILES string of the molecule is CCCOCCCNS(=O)(=O)c1ccc(N)c(OC)c1. The van der Waals surface area contributed by atoms with Gasteiger partial charge >= 0.3 is 0 Å². The second-order valence-corrected chi connectivity index (χ2v) is 6.03. The number of rotatable bonds is 9. The standard InChI is InChI=1S/C13H22N2O4S/c1-3-8-19-9-4-7-15-20(16,17)11-5-6-12(14)13(10-11)18-2/h5-6,10,15H,3-4,7-9,14H2,1-2H3. The van der Waals surface area contributed by atoms with Crippen LogP contribution in [0.5, 0.6) is 5.75 Å². The highest BCUT2D eigenvalue weighted by atomic mass is 32.2. The fraction of sp³-hybridized carbons (Fsp3) is 0.538. The Hall–Kier alpha value is -1.31. The summed E-state index contributed by atoms with van der Waals surface area (Å²) in [7, 11) is -2.10. The molecule has 0 saturated carbocycles. The highest BCUT2D eigenvalue weighted by Gasteiger charge is 2.15. The van der Waals surface area contributed by atoms with Gasteiger partial charge < -0.3 is 15.2 Å². The van der Waals surface area contributed by atoms with Crippen molar-refractivity contribution in [1.82, 2.24) is 4.72 Å². The van der Waals surface area contributed by atoms with E-state index in [1.54, 1.807) is 0 Å². The van der Waals surface area contributed by atoms with Crippen LogP contribution in [0.25, 0.3) is 0 Å². The first-order valence-corrected chi connectivity index (χ1v) is 8.00. The summed E-state index contributed by atoms with van der Waals surface area (Å²) in [6.07, 6.45) is 1.59. The fourth-order valence-corrected chi connectivity index (χ4v) is 2.66. The Morgan fingerprint density at radius 1 is 1.30 bits per heavy atom. The summed E-state index contributed by atoms with van der Waals surface area (Å²) in [6, 6.07) is 4.37. The maximum atomic E-state index is 12.1. The lowest BCUT2D eigenvalue weighted by Crippen LogP contribution is -2.25. The molecule has 0 bridgehead atoms. The molecule has 0 heterocycles. The highest BCUT2D eigenvalue weighted by molar-refractivity contribution is 7.89. The van der Waals surface area contributed by atoms with E-state index < -0.39 is 10.0 Å². The zero-order valence-electron chi connectivity index (χ0n) is 11.9. The molecule has 0 aliphatic heterocycles. The van der Waals surface area contributed by atoms with E-state index in [4.69, 9.17) is 15.2 Å². The third-order valence-electron chi connectivity index (χ3n) is 2.62. The minimum absolute atomic E-state index is 0.137. The normalized spacial score (nSPS) is 11.5. The van der Waals surface area contributed by atoms with Crippen LogP contribution in [0.2, 0.25) is 0 Å². The topological polar surface area (TPSA) is 90.7 Å². The molecule has 20 heavy (non-hydrogen) atoms. The molecular formula is C13H22N2O4S. The van der Waals surface area contributed by atoms with Gasteiger partial charge in [-0.05, 0) is 25.0 Å². The number of hydrogen-bond donors (Lipinski definition) is 2. The van der Waals surface area contributed by atoms with Crippen LogP contribution < -0.4 is 15.2 Å². The van der Waals surface area contributed by atoms with Crippen molar-refractivity contribution in [3.8, 4) is 5.75 Å². The summed E-state index contributed by atoms with van der Waals surface area (Å²) in [4.78, 5) is 0.137. The first-order valence-electron chi connectivity index (χ1n) is 6.52. The van der Waals surface area contributed by atoms with Crippen LogP contribution in [0.15, 0.2) is 23.1 Å². The number of nitrogens with one attached hydrogen (secondary N) is 1. The average Bonchev–Trinajstić information content (AvgIpc) is 2.43. The van der Waals surface area contributed by atoms with E-state index in [0.29, 0.717) is 37.6 Å². The third-order valence-corrected chi connectivity index (χ3v) is 4.08. The molecule has 0 fully saturated rings. The van der Waals surface area contributed by atoms with Crippen molar-refractivity contribution < 1.29 is 17.9 Å². The Morgan fingerprint density at radius 3 is 2.70 bits per heavy atom. The predicted octanol–water partition coefficient (Wildman–Crippen LogP) is 1.37. The van der Waals surface area contributed by atoms with Gasteiger partial charge in [0.2, 0.25) is 10.0 Å². The first kappa shape index (κ1) is 16.7. The van der Waals surface area contributed by atoms with Crippen molar-refractivity contribution in [2.45, 2.75) is 24.7 Å². The van der Waals surface area contributed by atoms with E-state index in [0.717, 1.165) is 6.42 Å². The Labute approximate surface area is 120 Å². The Balaban J connectivity index is 2.56. The Bertz CT molecular complexity index is 517. The largest absolute Gasteiger partial charge is 0.495 e. The van der Waals surface area contributed by atoms with Crippen LogP contribution >= 0.6 is 0 Å². The van der Waals surface area contributed by atoms with Crippen molar-refractivity contribution >= 4 is 15.7 Å². The lowest BCUT2D eigenvalue weighted by Gasteiger charge is -2.09. The summed E-state index contributed by atoms with van der Waals surface area (Å²) in [5.41, 5.74) is 6.06.